The van der Waals surface area contributed by atoms with E-state index in [1.165, 1.54) is 19.3 Å². The zero-order valence-corrected chi connectivity index (χ0v) is 8.21. The Bertz CT molecular complexity index is 169. The third kappa shape index (κ3) is 3.35. The van der Waals surface area contributed by atoms with Gasteiger partial charge in [0.2, 0.25) is 5.79 Å². The highest BCUT2D eigenvalue weighted by Gasteiger charge is 2.43. The lowest BCUT2D eigenvalue weighted by atomic mass is 10.00. The van der Waals surface area contributed by atoms with Crippen molar-refractivity contribution >= 4 is 5.97 Å². The van der Waals surface area contributed by atoms with Crippen molar-refractivity contribution in [3.05, 3.63) is 0 Å². The molecule has 1 fully saturated rings. The van der Waals surface area contributed by atoms with Gasteiger partial charge in [0.1, 0.15) is 6.42 Å². The topological polar surface area (TPSA) is 46.5 Å². The van der Waals surface area contributed by atoms with Gasteiger partial charge in [-0.25, -0.2) is 0 Å². The molecule has 1 unspecified atom stereocenters. The molecule has 1 N–H and O–H groups in total. The normalized spacial score (nSPS) is 26.8. The van der Waals surface area contributed by atoms with Crippen molar-refractivity contribution in [1.29, 1.82) is 0 Å². The minimum atomic E-state index is -1.11. The molecule has 76 valence electrons. The second-order valence-corrected chi connectivity index (χ2v) is 3.76. The SMILES string of the molecule is CCCCCCCC1(O)CC(=O)O1. The molecule has 3 nitrogen and oxygen atoms in total. The summed E-state index contributed by atoms with van der Waals surface area (Å²) in [5.41, 5.74) is 0. The van der Waals surface area contributed by atoms with E-state index >= 15 is 0 Å². The highest BCUT2D eigenvalue weighted by atomic mass is 16.7. The van der Waals surface area contributed by atoms with Gasteiger partial charge >= 0.3 is 5.97 Å². The van der Waals surface area contributed by atoms with Crippen LogP contribution in [0.25, 0.3) is 0 Å². The molecule has 1 aliphatic rings. The number of unbranched alkanes of at least 4 members (excludes halogenated alkanes) is 4. The molecular weight excluding hydrogens is 168 g/mol. The quantitative estimate of drug-likeness (QED) is 0.509. The second kappa shape index (κ2) is 4.61. The van der Waals surface area contributed by atoms with Crippen LogP contribution in [0.2, 0.25) is 0 Å². The monoisotopic (exact) mass is 186 g/mol. The molecule has 0 aromatic rings. The molecule has 3 heteroatoms. The van der Waals surface area contributed by atoms with Gasteiger partial charge in [-0.3, -0.25) is 4.79 Å². The Morgan fingerprint density at radius 1 is 1.38 bits per heavy atom. The summed E-state index contributed by atoms with van der Waals surface area (Å²) in [5, 5.41) is 9.49. The predicted octanol–water partition coefficient (Wildman–Crippen LogP) is 1.98. The molecule has 0 aliphatic carbocycles. The van der Waals surface area contributed by atoms with Crippen LogP contribution in [-0.4, -0.2) is 16.9 Å². The van der Waals surface area contributed by atoms with Gasteiger partial charge in [0.25, 0.3) is 0 Å². The molecule has 1 heterocycles. The highest BCUT2D eigenvalue weighted by molar-refractivity contribution is 5.76. The van der Waals surface area contributed by atoms with Crippen molar-refractivity contribution in [2.75, 3.05) is 0 Å². The van der Waals surface area contributed by atoms with Gasteiger partial charge in [-0.05, 0) is 6.42 Å². The molecule has 0 amide bonds. The number of cyclic esters (lactones) is 1. The van der Waals surface area contributed by atoms with Gasteiger partial charge in [-0.15, -0.1) is 0 Å². The first-order valence-corrected chi connectivity index (χ1v) is 5.10. The van der Waals surface area contributed by atoms with Crippen molar-refractivity contribution in [1.82, 2.24) is 0 Å². The third-order valence-corrected chi connectivity index (χ3v) is 2.40. The van der Waals surface area contributed by atoms with E-state index in [2.05, 4.69) is 11.7 Å². The first-order chi connectivity index (χ1) is 6.16. The number of hydrogen-bond acceptors (Lipinski definition) is 3. The fourth-order valence-corrected chi connectivity index (χ4v) is 1.57. The van der Waals surface area contributed by atoms with Gasteiger partial charge in [-0.2, -0.15) is 0 Å². The van der Waals surface area contributed by atoms with Crippen LogP contribution in [0.3, 0.4) is 0 Å². The first-order valence-electron chi connectivity index (χ1n) is 5.10. The van der Waals surface area contributed by atoms with Crippen LogP contribution in [0.4, 0.5) is 0 Å². The van der Waals surface area contributed by atoms with E-state index in [9.17, 15) is 9.90 Å². The van der Waals surface area contributed by atoms with E-state index in [1.54, 1.807) is 0 Å². The zero-order valence-electron chi connectivity index (χ0n) is 8.21. The van der Waals surface area contributed by atoms with Crippen LogP contribution in [0.1, 0.15) is 51.9 Å². The van der Waals surface area contributed by atoms with Crippen LogP contribution in [-0.2, 0) is 9.53 Å². The molecule has 1 aliphatic heterocycles. The maximum atomic E-state index is 10.5. The Morgan fingerprint density at radius 3 is 2.54 bits per heavy atom. The average molecular weight is 186 g/mol. The standard InChI is InChI=1S/C10H18O3/c1-2-3-4-5-6-7-10(12)8-9(11)13-10/h12H,2-8H2,1H3. The van der Waals surface area contributed by atoms with E-state index in [1.807, 2.05) is 0 Å². The number of carbonyl (C=O) groups excluding carboxylic acids is 1. The smallest absolute Gasteiger partial charge is 0.314 e. The molecule has 13 heavy (non-hydrogen) atoms. The van der Waals surface area contributed by atoms with Crippen LogP contribution in [0.15, 0.2) is 0 Å². The van der Waals surface area contributed by atoms with Crippen molar-refractivity contribution in [3.8, 4) is 0 Å². The van der Waals surface area contributed by atoms with Crippen molar-refractivity contribution in [3.63, 3.8) is 0 Å². The van der Waals surface area contributed by atoms with Gasteiger partial charge in [0.15, 0.2) is 0 Å². The lowest BCUT2D eigenvalue weighted by Gasteiger charge is -2.35. The Kier molecular flexibility index (Phi) is 3.72. The summed E-state index contributed by atoms with van der Waals surface area (Å²) >= 11 is 0. The van der Waals surface area contributed by atoms with Crippen LogP contribution in [0, 0.1) is 0 Å². The second-order valence-electron chi connectivity index (χ2n) is 3.76. The van der Waals surface area contributed by atoms with Gasteiger partial charge in [0, 0.05) is 6.42 Å². The Balaban J connectivity index is 1.97. The lowest BCUT2D eigenvalue weighted by Crippen LogP contribution is -2.47. The fraction of sp³-hybridized carbons (Fsp3) is 0.900. The average Bonchev–Trinajstić information content (AvgIpc) is 2.02. The molecule has 0 aromatic heterocycles. The third-order valence-electron chi connectivity index (χ3n) is 2.40. The number of esters is 1. The summed E-state index contributed by atoms with van der Waals surface area (Å²) in [6.07, 6.45) is 6.53. The number of carbonyl (C=O) groups is 1. The Hall–Kier alpha value is -0.570. The molecule has 1 rings (SSSR count). The molecule has 1 atom stereocenters. The summed E-state index contributed by atoms with van der Waals surface area (Å²) in [6, 6.07) is 0. The van der Waals surface area contributed by atoms with Crippen molar-refractivity contribution in [2.45, 2.75) is 57.7 Å². The Morgan fingerprint density at radius 2 is 2.00 bits per heavy atom. The largest absolute Gasteiger partial charge is 0.432 e. The van der Waals surface area contributed by atoms with E-state index in [0.29, 0.717) is 6.42 Å². The van der Waals surface area contributed by atoms with Gasteiger partial charge < -0.3 is 9.84 Å². The molecule has 0 bridgehead atoms. The minimum Gasteiger partial charge on any atom is -0.432 e. The highest BCUT2D eigenvalue weighted by Crippen LogP contribution is 2.30. The number of hydrogen-bond donors (Lipinski definition) is 1. The lowest BCUT2D eigenvalue weighted by molar-refractivity contribution is -0.260. The van der Waals surface area contributed by atoms with Crippen LogP contribution >= 0.6 is 0 Å². The van der Waals surface area contributed by atoms with Crippen molar-refractivity contribution < 1.29 is 14.6 Å². The molecular formula is C10H18O3. The molecule has 0 saturated carbocycles. The molecule has 1 saturated heterocycles. The van der Waals surface area contributed by atoms with E-state index in [4.69, 9.17) is 0 Å². The Labute approximate surface area is 79.1 Å². The first kappa shape index (κ1) is 10.5. The minimum absolute atomic E-state index is 0.181. The maximum Gasteiger partial charge on any atom is 0.314 e. The fourth-order valence-electron chi connectivity index (χ4n) is 1.57. The zero-order chi connectivity index (χ0) is 9.73. The van der Waals surface area contributed by atoms with Gasteiger partial charge in [-0.1, -0.05) is 32.6 Å². The van der Waals surface area contributed by atoms with E-state index < -0.39 is 5.79 Å². The van der Waals surface area contributed by atoms with Crippen LogP contribution in [0.5, 0.6) is 0 Å². The van der Waals surface area contributed by atoms with E-state index in [-0.39, 0.29) is 12.4 Å². The molecule has 0 radical (unpaired) electrons. The van der Waals surface area contributed by atoms with Crippen molar-refractivity contribution in [2.24, 2.45) is 0 Å². The number of ether oxygens (including phenoxy) is 1. The summed E-state index contributed by atoms with van der Waals surface area (Å²) in [7, 11) is 0. The summed E-state index contributed by atoms with van der Waals surface area (Å²) in [5.74, 6) is -1.39. The number of aliphatic hydroxyl groups is 1. The van der Waals surface area contributed by atoms with Gasteiger partial charge in [0.05, 0.1) is 0 Å². The summed E-state index contributed by atoms with van der Waals surface area (Å²) < 4.78 is 4.65. The molecule has 0 spiro atoms. The van der Waals surface area contributed by atoms with E-state index in [0.717, 1.165) is 12.8 Å². The summed E-state index contributed by atoms with van der Waals surface area (Å²) in [4.78, 5) is 10.5. The summed E-state index contributed by atoms with van der Waals surface area (Å²) in [6.45, 7) is 2.17. The van der Waals surface area contributed by atoms with Crippen LogP contribution < -0.4 is 0 Å². The number of rotatable bonds is 6. The molecule has 0 aromatic carbocycles. The predicted molar refractivity (Wildman–Crippen MR) is 49.0 cm³/mol. The maximum absolute atomic E-state index is 10.5.